The van der Waals surface area contributed by atoms with E-state index in [0.717, 1.165) is 10.9 Å². The molecule has 2 aromatic rings. The Hall–Kier alpha value is -1.22. The molecule has 0 saturated heterocycles. The Kier molecular flexibility index (Phi) is 2.33. The fourth-order valence-electron chi connectivity index (χ4n) is 2.23. The van der Waals surface area contributed by atoms with Gasteiger partial charge in [0.05, 0.1) is 4.70 Å². The van der Waals surface area contributed by atoms with E-state index in [0.29, 0.717) is 15.1 Å². The minimum absolute atomic E-state index is 0.125. The molecule has 0 radical (unpaired) electrons. The van der Waals surface area contributed by atoms with Crippen molar-refractivity contribution in [3.05, 3.63) is 40.0 Å². The highest BCUT2D eigenvalue weighted by molar-refractivity contribution is 7.19. The van der Waals surface area contributed by atoms with Crippen molar-refractivity contribution in [3.8, 4) is 0 Å². The Morgan fingerprint density at radius 3 is 2.82 bits per heavy atom. The Balaban J connectivity index is 2.36. The van der Waals surface area contributed by atoms with Gasteiger partial charge in [-0.05, 0) is 18.1 Å². The van der Waals surface area contributed by atoms with Gasteiger partial charge in [-0.15, -0.1) is 11.3 Å². The van der Waals surface area contributed by atoms with Crippen LogP contribution in [0.25, 0.3) is 16.2 Å². The van der Waals surface area contributed by atoms with Crippen LogP contribution in [0.15, 0.2) is 18.2 Å². The maximum absolute atomic E-state index is 14.1. The molecule has 1 heterocycles. The number of rotatable bonds is 0. The minimum Gasteiger partial charge on any atom is -0.241 e. The van der Waals surface area contributed by atoms with Crippen LogP contribution >= 0.6 is 11.3 Å². The van der Waals surface area contributed by atoms with Gasteiger partial charge < -0.3 is 0 Å². The second-order valence-corrected chi connectivity index (χ2v) is 5.63. The van der Waals surface area contributed by atoms with Crippen molar-refractivity contribution in [2.45, 2.75) is 20.0 Å². The van der Waals surface area contributed by atoms with Crippen LogP contribution in [0.2, 0.25) is 0 Å². The van der Waals surface area contributed by atoms with E-state index in [1.165, 1.54) is 11.3 Å². The Labute approximate surface area is 103 Å². The first-order valence-corrected chi connectivity index (χ1v) is 6.45. The molecule has 0 nitrogen and oxygen atoms in total. The average Bonchev–Trinajstić information content (AvgIpc) is 2.69. The molecule has 88 valence electrons. The van der Waals surface area contributed by atoms with Crippen LogP contribution in [0.1, 0.15) is 29.1 Å². The van der Waals surface area contributed by atoms with Gasteiger partial charge in [0.1, 0.15) is 12.0 Å². The van der Waals surface area contributed by atoms with E-state index in [1.807, 2.05) is 25.1 Å². The fraction of sp³-hybridized carbons (Fsp3) is 0.286. The molecule has 1 aliphatic carbocycles. The molecule has 3 heteroatoms. The Morgan fingerprint density at radius 2 is 2.06 bits per heavy atom. The van der Waals surface area contributed by atoms with Gasteiger partial charge in [-0.25, -0.2) is 8.78 Å². The van der Waals surface area contributed by atoms with Crippen LogP contribution in [0, 0.1) is 18.7 Å². The topological polar surface area (TPSA) is 0 Å². The second-order valence-electron chi connectivity index (χ2n) is 4.57. The van der Waals surface area contributed by atoms with E-state index in [2.05, 4.69) is 0 Å². The Bertz CT molecular complexity index is 625. The van der Waals surface area contributed by atoms with E-state index >= 15 is 0 Å². The first kappa shape index (κ1) is 10.9. The zero-order valence-corrected chi connectivity index (χ0v) is 10.4. The molecule has 0 fully saturated rings. The third-order valence-electron chi connectivity index (χ3n) is 3.34. The number of aryl methyl sites for hydroxylation is 1. The highest BCUT2D eigenvalue weighted by atomic mass is 32.1. The summed E-state index contributed by atoms with van der Waals surface area (Å²) < 4.78 is 28.6. The number of hydrogen-bond acceptors (Lipinski definition) is 1. The van der Waals surface area contributed by atoms with Crippen molar-refractivity contribution in [1.82, 2.24) is 0 Å². The molecule has 0 N–H and O–H groups in total. The van der Waals surface area contributed by atoms with Crippen LogP contribution in [0.5, 0.6) is 0 Å². The molecule has 0 saturated carbocycles. The first-order chi connectivity index (χ1) is 8.09. The number of fused-ring (bicyclic) bond motifs is 3. The molecule has 1 aliphatic rings. The molecule has 2 unspecified atom stereocenters. The van der Waals surface area contributed by atoms with Crippen molar-refractivity contribution in [2.24, 2.45) is 5.92 Å². The maximum Gasteiger partial charge on any atom is 0.143 e. The summed E-state index contributed by atoms with van der Waals surface area (Å²) in [7, 11) is 0. The van der Waals surface area contributed by atoms with E-state index in [4.69, 9.17) is 0 Å². The van der Waals surface area contributed by atoms with Crippen molar-refractivity contribution < 1.29 is 8.78 Å². The van der Waals surface area contributed by atoms with E-state index in [-0.39, 0.29) is 11.7 Å². The normalized spacial score (nSPS) is 23.1. The molecule has 0 aliphatic heterocycles. The first-order valence-electron chi connectivity index (χ1n) is 5.63. The monoisotopic (exact) mass is 250 g/mol. The van der Waals surface area contributed by atoms with Crippen LogP contribution in [0.4, 0.5) is 8.78 Å². The number of thiophene rings is 1. The summed E-state index contributed by atoms with van der Waals surface area (Å²) in [6.07, 6.45) is 2.77. The lowest BCUT2D eigenvalue weighted by atomic mass is 9.94. The predicted octanol–water partition coefficient (Wildman–Crippen LogP) is 5.02. The quantitative estimate of drug-likeness (QED) is 0.615. The average molecular weight is 250 g/mol. The SMILES string of the molecule is Cc1ccc2c3c(sc2c1F)C(F)C(C)C=C3. The molecule has 17 heavy (non-hydrogen) atoms. The molecule has 0 spiro atoms. The number of halogens is 2. The van der Waals surface area contributed by atoms with Crippen molar-refractivity contribution >= 4 is 27.5 Å². The summed E-state index contributed by atoms with van der Waals surface area (Å²) in [5.74, 6) is -0.338. The summed E-state index contributed by atoms with van der Waals surface area (Å²) in [5, 5.41) is 0.832. The lowest BCUT2D eigenvalue weighted by molar-refractivity contribution is 0.285. The minimum atomic E-state index is -1.01. The van der Waals surface area contributed by atoms with Gasteiger partial charge in [0, 0.05) is 16.2 Å². The summed E-state index contributed by atoms with van der Waals surface area (Å²) >= 11 is 1.25. The number of hydrogen-bond donors (Lipinski definition) is 0. The number of allylic oxidation sites excluding steroid dienone is 1. The zero-order chi connectivity index (χ0) is 12.2. The lowest BCUT2D eigenvalue weighted by Gasteiger charge is -2.16. The van der Waals surface area contributed by atoms with Crippen molar-refractivity contribution in [3.63, 3.8) is 0 Å². The molecule has 3 rings (SSSR count). The highest BCUT2D eigenvalue weighted by Gasteiger charge is 2.27. The van der Waals surface area contributed by atoms with Crippen LogP contribution in [-0.2, 0) is 0 Å². The van der Waals surface area contributed by atoms with Gasteiger partial charge in [-0.1, -0.05) is 31.2 Å². The summed E-state index contributed by atoms with van der Waals surface area (Å²) in [4.78, 5) is 0.666. The smallest absolute Gasteiger partial charge is 0.143 e. The van der Waals surface area contributed by atoms with Gasteiger partial charge in [0.15, 0.2) is 0 Å². The molecular weight excluding hydrogens is 238 g/mol. The Morgan fingerprint density at radius 1 is 1.29 bits per heavy atom. The largest absolute Gasteiger partial charge is 0.241 e. The fourth-order valence-corrected chi connectivity index (χ4v) is 3.60. The second kappa shape index (κ2) is 3.64. The third-order valence-corrected chi connectivity index (χ3v) is 4.60. The van der Waals surface area contributed by atoms with E-state index in [9.17, 15) is 8.78 Å². The van der Waals surface area contributed by atoms with Gasteiger partial charge >= 0.3 is 0 Å². The van der Waals surface area contributed by atoms with E-state index in [1.54, 1.807) is 13.0 Å². The van der Waals surface area contributed by atoms with Crippen LogP contribution in [-0.4, -0.2) is 0 Å². The molecule has 2 atom stereocenters. The molecular formula is C14H12F2S. The van der Waals surface area contributed by atoms with Gasteiger partial charge in [0.25, 0.3) is 0 Å². The van der Waals surface area contributed by atoms with Crippen molar-refractivity contribution in [1.29, 1.82) is 0 Å². The highest BCUT2D eigenvalue weighted by Crippen LogP contribution is 2.45. The summed E-state index contributed by atoms with van der Waals surface area (Å²) in [6, 6.07) is 3.64. The van der Waals surface area contributed by atoms with Gasteiger partial charge in [-0.3, -0.25) is 0 Å². The summed E-state index contributed by atoms with van der Waals surface area (Å²) in [6.45, 7) is 3.58. The standard InChI is InChI=1S/C14H12F2S/c1-7-3-5-9-10-6-4-8(2)12(16)14(10)17-13(9)11(7)15/h3-7,11H,1-2H3. The third kappa shape index (κ3) is 1.45. The molecule has 0 bridgehead atoms. The molecule has 1 aromatic heterocycles. The lowest BCUT2D eigenvalue weighted by Crippen LogP contribution is -2.04. The number of alkyl halides is 1. The molecule has 0 amide bonds. The zero-order valence-electron chi connectivity index (χ0n) is 9.63. The van der Waals surface area contributed by atoms with Crippen molar-refractivity contribution in [2.75, 3.05) is 0 Å². The number of benzene rings is 1. The van der Waals surface area contributed by atoms with E-state index < -0.39 is 6.17 Å². The predicted molar refractivity (Wildman–Crippen MR) is 68.6 cm³/mol. The van der Waals surface area contributed by atoms with Crippen LogP contribution < -0.4 is 0 Å². The van der Waals surface area contributed by atoms with Gasteiger partial charge in [0.2, 0.25) is 0 Å². The maximum atomic E-state index is 14.1. The summed E-state index contributed by atoms with van der Waals surface area (Å²) in [5.41, 5.74) is 1.47. The molecule has 1 aromatic carbocycles. The van der Waals surface area contributed by atoms with Crippen LogP contribution in [0.3, 0.4) is 0 Å². The van der Waals surface area contributed by atoms with Gasteiger partial charge in [-0.2, -0.15) is 0 Å².